The topological polar surface area (TPSA) is 21.1 Å². The summed E-state index contributed by atoms with van der Waals surface area (Å²) >= 11 is 0. The van der Waals surface area contributed by atoms with E-state index in [1.54, 1.807) is 0 Å². The van der Waals surface area contributed by atoms with E-state index < -0.39 is 0 Å². The Balaban J connectivity index is 2.12. The van der Waals surface area contributed by atoms with Crippen molar-refractivity contribution in [3.05, 3.63) is 17.0 Å². The van der Waals surface area contributed by atoms with Crippen molar-refractivity contribution in [2.24, 2.45) is 7.05 Å². The van der Waals surface area contributed by atoms with Crippen molar-refractivity contribution < 1.29 is 0 Å². The normalized spacial score (nSPS) is 30.3. The van der Waals surface area contributed by atoms with Crippen LogP contribution in [0, 0.1) is 6.92 Å². The molecule has 0 N–H and O–H groups in total. The number of rotatable bonds is 0. The molecule has 0 aromatic carbocycles. The monoisotopic (exact) mass is 205 g/mol. The first-order valence-corrected chi connectivity index (χ1v) is 5.93. The van der Waals surface area contributed by atoms with Gasteiger partial charge in [-0.25, -0.2) is 0 Å². The van der Waals surface area contributed by atoms with Crippen molar-refractivity contribution in [1.82, 2.24) is 14.7 Å². The van der Waals surface area contributed by atoms with Gasteiger partial charge in [0.1, 0.15) is 0 Å². The van der Waals surface area contributed by atoms with Gasteiger partial charge in [-0.15, -0.1) is 0 Å². The first-order chi connectivity index (χ1) is 7.18. The molecule has 0 saturated carbocycles. The van der Waals surface area contributed by atoms with Gasteiger partial charge in [0, 0.05) is 18.8 Å². The van der Waals surface area contributed by atoms with Crippen molar-refractivity contribution in [1.29, 1.82) is 0 Å². The Morgan fingerprint density at radius 3 is 2.87 bits per heavy atom. The second-order valence-corrected chi connectivity index (χ2v) is 5.04. The van der Waals surface area contributed by atoms with Crippen LogP contribution in [0.2, 0.25) is 0 Å². The van der Waals surface area contributed by atoms with E-state index >= 15 is 0 Å². The maximum Gasteiger partial charge on any atom is 0.0831 e. The van der Waals surface area contributed by atoms with E-state index in [0.717, 1.165) is 6.04 Å². The predicted molar refractivity (Wildman–Crippen MR) is 59.8 cm³/mol. The molecule has 1 saturated heterocycles. The van der Waals surface area contributed by atoms with Crippen LogP contribution < -0.4 is 0 Å². The highest BCUT2D eigenvalue weighted by Gasteiger charge is 2.37. The molecule has 2 atom stereocenters. The SMILES string of the molecule is Cc1c2c(nn1C)[C@@H]1CCC[C@H](C2)N1C. The van der Waals surface area contributed by atoms with E-state index in [1.165, 1.54) is 42.6 Å². The summed E-state index contributed by atoms with van der Waals surface area (Å²) in [5, 5.41) is 4.70. The second-order valence-electron chi connectivity index (χ2n) is 5.04. The average Bonchev–Trinajstić information content (AvgIpc) is 2.45. The van der Waals surface area contributed by atoms with Crippen LogP contribution in [0.1, 0.15) is 42.3 Å². The number of piperidine rings is 1. The summed E-state index contributed by atoms with van der Waals surface area (Å²) in [6, 6.07) is 1.35. The highest BCUT2D eigenvalue weighted by molar-refractivity contribution is 5.32. The highest BCUT2D eigenvalue weighted by atomic mass is 15.3. The molecule has 0 spiro atoms. The lowest BCUT2D eigenvalue weighted by Gasteiger charge is -2.43. The number of hydrogen-bond donors (Lipinski definition) is 0. The van der Waals surface area contributed by atoms with Gasteiger partial charge in [-0.05, 0) is 45.2 Å². The van der Waals surface area contributed by atoms with Gasteiger partial charge in [-0.3, -0.25) is 9.58 Å². The molecule has 1 aromatic rings. The summed E-state index contributed by atoms with van der Waals surface area (Å²) < 4.78 is 2.05. The van der Waals surface area contributed by atoms with Gasteiger partial charge < -0.3 is 0 Å². The molecule has 2 aliphatic rings. The summed E-state index contributed by atoms with van der Waals surface area (Å²) in [5.74, 6) is 0. The summed E-state index contributed by atoms with van der Waals surface area (Å²) in [6.07, 6.45) is 5.23. The van der Waals surface area contributed by atoms with Gasteiger partial charge in [0.15, 0.2) is 0 Å². The zero-order chi connectivity index (χ0) is 10.6. The number of aromatic nitrogens is 2. The Bertz CT molecular complexity index is 394. The van der Waals surface area contributed by atoms with Gasteiger partial charge in [0.05, 0.1) is 11.7 Å². The molecule has 82 valence electrons. The fourth-order valence-corrected chi connectivity index (χ4v) is 3.22. The van der Waals surface area contributed by atoms with Gasteiger partial charge in [0.25, 0.3) is 0 Å². The Morgan fingerprint density at radius 2 is 2.07 bits per heavy atom. The number of fused-ring (bicyclic) bond motifs is 4. The molecule has 3 nitrogen and oxygen atoms in total. The molecule has 0 aliphatic carbocycles. The highest BCUT2D eigenvalue weighted by Crippen LogP contribution is 2.40. The third-order valence-corrected chi connectivity index (χ3v) is 4.33. The average molecular weight is 205 g/mol. The second kappa shape index (κ2) is 3.08. The Labute approximate surface area is 91.1 Å². The smallest absolute Gasteiger partial charge is 0.0831 e. The summed E-state index contributed by atoms with van der Waals surface area (Å²) in [7, 11) is 4.33. The molecule has 0 radical (unpaired) electrons. The minimum absolute atomic E-state index is 0.590. The summed E-state index contributed by atoms with van der Waals surface area (Å²) in [6.45, 7) is 2.20. The molecule has 0 unspecified atom stereocenters. The Morgan fingerprint density at radius 1 is 1.27 bits per heavy atom. The summed E-state index contributed by atoms with van der Waals surface area (Å²) in [4.78, 5) is 2.54. The molecule has 15 heavy (non-hydrogen) atoms. The molecule has 2 bridgehead atoms. The number of nitrogens with zero attached hydrogens (tertiary/aromatic N) is 3. The number of likely N-dealkylation sites (N-methyl/N-ethyl adjacent to an activating group) is 1. The van der Waals surface area contributed by atoms with Gasteiger partial charge in [-0.2, -0.15) is 5.10 Å². The first kappa shape index (κ1) is 9.40. The number of hydrogen-bond acceptors (Lipinski definition) is 2. The quantitative estimate of drug-likeness (QED) is 0.644. The standard InChI is InChI=1S/C12H19N3/c1-8-10-7-9-5-4-6-11(14(9)2)12(10)13-15(8)3/h9,11H,4-7H2,1-3H3/t9-,11+/m1/s1. The van der Waals surface area contributed by atoms with Crippen LogP contribution in [0.15, 0.2) is 0 Å². The molecule has 1 aromatic heterocycles. The fraction of sp³-hybridized carbons (Fsp3) is 0.750. The lowest BCUT2D eigenvalue weighted by atomic mass is 9.83. The van der Waals surface area contributed by atoms with Crippen molar-refractivity contribution in [3.8, 4) is 0 Å². The largest absolute Gasteiger partial charge is 0.294 e. The molecular weight excluding hydrogens is 186 g/mol. The zero-order valence-electron chi connectivity index (χ0n) is 9.82. The van der Waals surface area contributed by atoms with Crippen molar-refractivity contribution >= 4 is 0 Å². The van der Waals surface area contributed by atoms with E-state index in [1.807, 2.05) is 0 Å². The van der Waals surface area contributed by atoms with Gasteiger partial charge in [0.2, 0.25) is 0 Å². The van der Waals surface area contributed by atoms with E-state index in [9.17, 15) is 0 Å². The fourth-order valence-electron chi connectivity index (χ4n) is 3.22. The first-order valence-electron chi connectivity index (χ1n) is 5.93. The maximum atomic E-state index is 4.70. The predicted octanol–water partition coefficient (Wildman–Crippen LogP) is 1.81. The van der Waals surface area contributed by atoms with Crippen LogP contribution in [0.25, 0.3) is 0 Å². The van der Waals surface area contributed by atoms with Crippen LogP contribution in [0.4, 0.5) is 0 Å². The lowest BCUT2D eigenvalue weighted by Crippen LogP contribution is -2.44. The van der Waals surface area contributed by atoms with Crippen LogP contribution >= 0.6 is 0 Å². The van der Waals surface area contributed by atoms with E-state index in [-0.39, 0.29) is 0 Å². The van der Waals surface area contributed by atoms with E-state index in [0.29, 0.717) is 6.04 Å². The third-order valence-electron chi connectivity index (χ3n) is 4.33. The maximum absolute atomic E-state index is 4.70. The number of aryl methyl sites for hydroxylation is 1. The lowest BCUT2D eigenvalue weighted by molar-refractivity contribution is 0.0970. The minimum atomic E-state index is 0.590. The van der Waals surface area contributed by atoms with Crippen molar-refractivity contribution in [2.75, 3.05) is 7.05 Å². The molecular formula is C12H19N3. The van der Waals surface area contributed by atoms with Crippen LogP contribution in [-0.2, 0) is 13.5 Å². The van der Waals surface area contributed by atoms with Crippen molar-refractivity contribution in [2.45, 2.75) is 44.7 Å². The molecule has 3 rings (SSSR count). The van der Waals surface area contributed by atoms with Gasteiger partial charge >= 0.3 is 0 Å². The van der Waals surface area contributed by atoms with Crippen molar-refractivity contribution in [3.63, 3.8) is 0 Å². The minimum Gasteiger partial charge on any atom is -0.294 e. The van der Waals surface area contributed by atoms with Crippen LogP contribution in [0.3, 0.4) is 0 Å². The van der Waals surface area contributed by atoms with Gasteiger partial charge in [-0.1, -0.05) is 0 Å². The molecule has 2 aliphatic heterocycles. The zero-order valence-corrected chi connectivity index (χ0v) is 9.82. The Hall–Kier alpha value is -0.830. The van der Waals surface area contributed by atoms with Crippen LogP contribution in [0.5, 0.6) is 0 Å². The molecule has 1 fully saturated rings. The molecule has 0 amide bonds. The van der Waals surface area contributed by atoms with E-state index in [2.05, 4.69) is 30.6 Å². The molecule has 3 heterocycles. The van der Waals surface area contributed by atoms with E-state index in [4.69, 9.17) is 5.10 Å². The van der Waals surface area contributed by atoms with Crippen LogP contribution in [-0.4, -0.2) is 27.8 Å². The third kappa shape index (κ3) is 1.19. The Kier molecular flexibility index (Phi) is 1.93. The molecule has 3 heteroatoms. The summed E-state index contributed by atoms with van der Waals surface area (Å²) in [5.41, 5.74) is 4.26.